The van der Waals surface area contributed by atoms with E-state index in [0.717, 1.165) is 25.4 Å². The molecule has 4 heteroatoms. The largest absolute Gasteiger partial charge is 0.299 e. The van der Waals surface area contributed by atoms with E-state index in [-0.39, 0.29) is 5.54 Å². The number of hydrogen-bond donors (Lipinski definition) is 0. The minimum atomic E-state index is -0.768. The van der Waals surface area contributed by atoms with Gasteiger partial charge in [-0.3, -0.25) is 4.90 Å². The second-order valence-electron chi connectivity index (χ2n) is 4.21. The van der Waals surface area contributed by atoms with Gasteiger partial charge in [0.1, 0.15) is 0 Å². The molecule has 0 aromatic carbocycles. The number of hydrogen-bond acceptors (Lipinski definition) is 2. The van der Waals surface area contributed by atoms with Crippen LogP contribution in [0.3, 0.4) is 0 Å². The molecule has 1 rings (SSSR count). The molecule has 0 amide bonds. The van der Waals surface area contributed by atoms with E-state index in [0.29, 0.717) is 0 Å². The zero-order valence-electron chi connectivity index (χ0n) is 9.04. The van der Waals surface area contributed by atoms with Gasteiger partial charge in [-0.15, -0.1) is 0 Å². The summed E-state index contributed by atoms with van der Waals surface area (Å²) >= 11 is 0. The van der Waals surface area contributed by atoms with Gasteiger partial charge in [-0.05, 0) is 20.9 Å². The molecule has 0 aromatic rings. The van der Waals surface area contributed by atoms with Gasteiger partial charge >= 0.3 is 0 Å². The van der Waals surface area contributed by atoms with Gasteiger partial charge in [0, 0.05) is 30.9 Å². The Labute approximate surface area is 83.7 Å². The quantitative estimate of drug-likeness (QED) is 0.661. The minimum absolute atomic E-state index is 0.156. The van der Waals surface area contributed by atoms with Crippen molar-refractivity contribution in [1.29, 1.82) is 0 Å². The molecule has 13 heavy (non-hydrogen) atoms. The van der Waals surface area contributed by atoms with E-state index in [2.05, 4.69) is 30.1 Å². The lowest BCUT2D eigenvalue weighted by Gasteiger charge is -2.44. The monoisotopic (exact) mass is 204 g/mol. The molecule has 3 nitrogen and oxygen atoms in total. The van der Waals surface area contributed by atoms with E-state index in [9.17, 15) is 4.21 Å². The van der Waals surface area contributed by atoms with E-state index < -0.39 is 11.0 Å². The highest BCUT2D eigenvalue weighted by Gasteiger charge is 2.32. The highest BCUT2D eigenvalue weighted by Crippen LogP contribution is 2.19. The summed E-state index contributed by atoms with van der Waals surface area (Å²) in [5.41, 5.74) is 0.156. The summed E-state index contributed by atoms with van der Waals surface area (Å²) in [7, 11) is 1.36. The van der Waals surface area contributed by atoms with Gasteiger partial charge in [0.15, 0.2) is 0 Å². The Balaban J connectivity index is 2.60. The molecule has 0 spiro atoms. The van der Waals surface area contributed by atoms with Crippen LogP contribution in [0.25, 0.3) is 0 Å². The molecule has 0 N–H and O–H groups in total. The molecule has 1 aliphatic heterocycles. The smallest absolute Gasteiger partial charge is 0.0940 e. The molecule has 1 unspecified atom stereocenters. The SMILES string of the molecule is CCS(=O)N1CCN(C)C(C)(C)C1. The maximum atomic E-state index is 11.6. The number of nitrogens with zero attached hydrogens (tertiary/aromatic N) is 2. The van der Waals surface area contributed by atoms with Crippen molar-refractivity contribution in [1.82, 2.24) is 9.21 Å². The molecule has 1 fully saturated rings. The zero-order chi connectivity index (χ0) is 10.1. The molecule has 0 aliphatic carbocycles. The molecule has 78 valence electrons. The van der Waals surface area contributed by atoms with Crippen molar-refractivity contribution in [2.24, 2.45) is 0 Å². The van der Waals surface area contributed by atoms with Gasteiger partial charge in [-0.25, -0.2) is 8.51 Å². The van der Waals surface area contributed by atoms with Crippen LogP contribution >= 0.6 is 0 Å². The van der Waals surface area contributed by atoms with E-state index in [4.69, 9.17) is 0 Å². The zero-order valence-corrected chi connectivity index (χ0v) is 9.86. The second kappa shape index (κ2) is 4.07. The van der Waals surface area contributed by atoms with Crippen LogP contribution in [-0.2, 0) is 11.0 Å². The summed E-state index contributed by atoms with van der Waals surface area (Å²) in [6, 6.07) is 0. The fourth-order valence-corrected chi connectivity index (χ4v) is 2.66. The Bertz CT molecular complexity index is 206. The third-order valence-electron chi connectivity index (χ3n) is 2.82. The predicted molar refractivity (Wildman–Crippen MR) is 57.0 cm³/mol. The molecular formula is C9H20N2OS. The van der Waals surface area contributed by atoms with Crippen molar-refractivity contribution < 1.29 is 4.21 Å². The van der Waals surface area contributed by atoms with Gasteiger partial charge in [0.05, 0.1) is 11.0 Å². The first-order chi connectivity index (χ1) is 5.97. The highest BCUT2D eigenvalue weighted by atomic mass is 32.2. The van der Waals surface area contributed by atoms with E-state index in [1.165, 1.54) is 0 Å². The van der Waals surface area contributed by atoms with E-state index >= 15 is 0 Å². The molecule has 0 radical (unpaired) electrons. The summed E-state index contributed by atoms with van der Waals surface area (Å²) in [6.07, 6.45) is 0. The number of rotatable bonds is 2. The van der Waals surface area contributed by atoms with Crippen LogP contribution in [0.15, 0.2) is 0 Å². The molecule has 1 aliphatic rings. The van der Waals surface area contributed by atoms with Crippen LogP contribution in [0.2, 0.25) is 0 Å². The van der Waals surface area contributed by atoms with Crippen LogP contribution in [0.5, 0.6) is 0 Å². The Hall–Kier alpha value is 0.0700. The van der Waals surface area contributed by atoms with Crippen LogP contribution in [0, 0.1) is 0 Å². The maximum absolute atomic E-state index is 11.6. The van der Waals surface area contributed by atoms with Crippen LogP contribution in [0.1, 0.15) is 20.8 Å². The fourth-order valence-electron chi connectivity index (χ4n) is 1.55. The number of piperazine rings is 1. The Morgan fingerprint density at radius 3 is 2.46 bits per heavy atom. The summed E-state index contributed by atoms with van der Waals surface area (Å²) in [4.78, 5) is 2.33. The van der Waals surface area contributed by atoms with Gasteiger partial charge in [0.25, 0.3) is 0 Å². The van der Waals surface area contributed by atoms with Crippen molar-refractivity contribution >= 4 is 11.0 Å². The second-order valence-corrected chi connectivity index (χ2v) is 5.94. The van der Waals surface area contributed by atoms with E-state index in [1.54, 1.807) is 0 Å². The molecule has 0 saturated carbocycles. The molecule has 0 aromatic heterocycles. The van der Waals surface area contributed by atoms with Crippen LogP contribution in [0.4, 0.5) is 0 Å². The van der Waals surface area contributed by atoms with Crippen molar-refractivity contribution in [2.75, 3.05) is 32.4 Å². The van der Waals surface area contributed by atoms with Crippen LogP contribution < -0.4 is 0 Å². The topological polar surface area (TPSA) is 23.6 Å². The molecule has 1 heterocycles. The average Bonchev–Trinajstić information content (AvgIpc) is 2.08. The summed E-state index contributed by atoms with van der Waals surface area (Å²) in [6.45, 7) is 9.22. The Kier molecular flexibility index (Phi) is 3.49. The molecule has 1 saturated heterocycles. The lowest BCUT2D eigenvalue weighted by atomic mass is 10.0. The van der Waals surface area contributed by atoms with Crippen molar-refractivity contribution in [3.63, 3.8) is 0 Å². The van der Waals surface area contributed by atoms with E-state index in [1.807, 2.05) is 6.92 Å². The lowest BCUT2D eigenvalue weighted by molar-refractivity contribution is 0.0828. The molecule has 0 bridgehead atoms. The van der Waals surface area contributed by atoms with Crippen LogP contribution in [-0.4, -0.2) is 51.4 Å². The first-order valence-electron chi connectivity index (χ1n) is 4.82. The Morgan fingerprint density at radius 1 is 1.38 bits per heavy atom. The first-order valence-corrected chi connectivity index (χ1v) is 6.09. The maximum Gasteiger partial charge on any atom is 0.0940 e. The van der Waals surface area contributed by atoms with Crippen molar-refractivity contribution in [3.8, 4) is 0 Å². The predicted octanol–water partition coefficient (Wildman–Crippen LogP) is 0.696. The fraction of sp³-hybridized carbons (Fsp3) is 1.00. The highest BCUT2D eigenvalue weighted by molar-refractivity contribution is 7.82. The summed E-state index contributed by atoms with van der Waals surface area (Å²) in [5, 5.41) is 0. The lowest BCUT2D eigenvalue weighted by Crippen LogP contribution is -2.57. The third kappa shape index (κ3) is 2.51. The molecular weight excluding hydrogens is 184 g/mol. The normalized spacial score (nSPS) is 27.4. The standard InChI is InChI=1S/C9H20N2OS/c1-5-13(12)11-7-6-10(4)9(2,3)8-11/h5-8H2,1-4H3. The van der Waals surface area contributed by atoms with Crippen molar-refractivity contribution in [2.45, 2.75) is 26.3 Å². The van der Waals surface area contributed by atoms with Gasteiger partial charge in [-0.1, -0.05) is 6.92 Å². The summed E-state index contributed by atoms with van der Waals surface area (Å²) < 4.78 is 13.7. The minimum Gasteiger partial charge on any atom is -0.299 e. The average molecular weight is 204 g/mol. The Morgan fingerprint density at radius 2 is 2.00 bits per heavy atom. The number of likely N-dealkylation sites (N-methyl/N-ethyl adjacent to an activating group) is 1. The van der Waals surface area contributed by atoms with Gasteiger partial charge < -0.3 is 0 Å². The first kappa shape index (κ1) is 11.1. The van der Waals surface area contributed by atoms with Gasteiger partial charge in [-0.2, -0.15) is 0 Å². The molecule has 1 atom stereocenters. The summed E-state index contributed by atoms with van der Waals surface area (Å²) in [5.74, 6) is 0.736. The van der Waals surface area contributed by atoms with Crippen molar-refractivity contribution in [3.05, 3.63) is 0 Å². The third-order valence-corrected chi connectivity index (χ3v) is 4.20. The van der Waals surface area contributed by atoms with Gasteiger partial charge in [0.2, 0.25) is 0 Å².